The van der Waals surface area contributed by atoms with Crippen LogP contribution in [0.4, 0.5) is 4.79 Å². The van der Waals surface area contributed by atoms with Crippen LogP contribution in [0, 0.1) is 0 Å². The Morgan fingerprint density at radius 3 is 3.06 bits per heavy atom. The molecule has 2 rings (SSSR count). The zero-order valence-electron chi connectivity index (χ0n) is 9.23. The summed E-state index contributed by atoms with van der Waals surface area (Å²) in [5.41, 5.74) is 2.64. The van der Waals surface area contributed by atoms with E-state index in [1.807, 2.05) is 12.1 Å². The van der Waals surface area contributed by atoms with Crippen molar-refractivity contribution in [2.24, 2.45) is 0 Å². The van der Waals surface area contributed by atoms with E-state index in [2.05, 4.69) is 5.32 Å². The van der Waals surface area contributed by atoms with Crippen molar-refractivity contribution in [3.63, 3.8) is 0 Å². The van der Waals surface area contributed by atoms with Crippen LogP contribution in [0.3, 0.4) is 0 Å². The maximum atomic E-state index is 11.2. The summed E-state index contributed by atoms with van der Waals surface area (Å²) in [7, 11) is 0. The van der Waals surface area contributed by atoms with Crippen LogP contribution >= 0.6 is 0 Å². The average molecular weight is 235 g/mol. The quantitative estimate of drug-likeness (QED) is 0.613. The fraction of sp³-hybridized carbons (Fsp3) is 0.333. The molecule has 0 unspecified atom stereocenters. The van der Waals surface area contributed by atoms with Crippen molar-refractivity contribution < 1.29 is 19.4 Å². The van der Waals surface area contributed by atoms with Gasteiger partial charge >= 0.3 is 12.1 Å². The van der Waals surface area contributed by atoms with Crippen LogP contribution < -0.4 is 5.32 Å². The molecule has 0 saturated carbocycles. The Hall–Kier alpha value is -2.04. The number of carboxylic acid groups (broad SMARTS) is 1. The van der Waals surface area contributed by atoms with Crippen LogP contribution in [0.1, 0.15) is 27.9 Å². The summed E-state index contributed by atoms with van der Waals surface area (Å²) in [6.45, 7) is 0.775. The van der Waals surface area contributed by atoms with Crippen molar-refractivity contribution >= 4 is 12.1 Å². The molecule has 5 heteroatoms. The molecule has 0 atom stereocenters. The first-order valence-electron chi connectivity index (χ1n) is 5.42. The molecule has 0 saturated heterocycles. The first-order chi connectivity index (χ1) is 8.16. The number of amides is 1. The molecule has 1 heterocycles. The second-order valence-corrected chi connectivity index (χ2v) is 3.90. The lowest BCUT2D eigenvalue weighted by atomic mass is 10.0. The Balaban J connectivity index is 1.90. The van der Waals surface area contributed by atoms with Gasteiger partial charge in [-0.25, -0.2) is 9.59 Å². The molecule has 0 bridgehead atoms. The van der Waals surface area contributed by atoms with Crippen LogP contribution in [-0.2, 0) is 17.8 Å². The van der Waals surface area contributed by atoms with Gasteiger partial charge in [-0.15, -0.1) is 0 Å². The lowest BCUT2D eigenvalue weighted by Crippen LogP contribution is -2.22. The monoisotopic (exact) mass is 235 g/mol. The molecule has 0 aromatic heterocycles. The number of nitrogens with one attached hydrogen (secondary N) is 1. The molecule has 0 spiro atoms. The minimum atomic E-state index is -1.00. The number of hydrogen-bond acceptors (Lipinski definition) is 3. The van der Waals surface area contributed by atoms with Crippen LogP contribution in [0.2, 0.25) is 0 Å². The van der Waals surface area contributed by atoms with Gasteiger partial charge in [0.25, 0.3) is 0 Å². The van der Waals surface area contributed by atoms with Gasteiger partial charge < -0.3 is 15.2 Å². The molecule has 2 N–H and O–H groups in total. The Labute approximate surface area is 98.4 Å². The zero-order valence-corrected chi connectivity index (χ0v) is 9.23. The number of ether oxygens (including phenoxy) is 1. The number of carbonyl (C=O) groups is 2. The minimum Gasteiger partial charge on any atom is -0.465 e. The lowest BCUT2D eigenvalue weighted by Gasteiger charge is -2.03. The summed E-state index contributed by atoms with van der Waals surface area (Å²) in [6, 6.07) is 5.60. The van der Waals surface area contributed by atoms with Crippen molar-refractivity contribution in [1.29, 1.82) is 0 Å². The molecule has 1 amide bonds. The first-order valence-corrected chi connectivity index (χ1v) is 5.42. The second-order valence-electron chi connectivity index (χ2n) is 3.90. The van der Waals surface area contributed by atoms with Gasteiger partial charge in [-0.05, 0) is 24.5 Å². The third-order valence-corrected chi connectivity index (χ3v) is 2.67. The number of fused-ring (bicyclic) bond motifs is 1. The number of rotatable bonds is 4. The van der Waals surface area contributed by atoms with Crippen molar-refractivity contribution in [3.05, 3.63) is 34.9 Å². The Kier molecular flexibility index (Phi) is 3.27. The summed E-state index contributed by atoms with van der Waals surface area (Å²) in [5.74, 6) is -0.265. The van der Waals surface area contributed by atoms with Gasteiger partial charge in [0.1, 0.15) is 6.61 Å². The maximum Gasteiger partial charge on any atom is 0.404 e. The molecule has 0 aliphatic carbocycles. The van der Waals surface area contributed by atoms with Crippen LogP contribution in [0.25, 0.3) is 0 Å². The third kappa shape index (κ3) is 2.75. The van der Waals surface area contributed by atoms with E-state index in [0.29, 0.717) is 18.7 Å². The normalized spacial score (nSPS) is 13.1. The zero-order chi connectivity index (χ0) is 12.3. The van der Waals surface area contributed by atoms with Gasteiger partial charge in [-0.1, -0.05) is 12.1 Å². The van der Waals surface area contributed by atoms with E-state index in [1.54, 1.807) is 6.07 Å². The fourth-order valence-electron chi connectivity index (χ4n) is 1.83. The number of aryl methyl sites for hydroxylation is 1. The van der Waals surface area contributed by atoms with Crippen LogP contribution in [-0.4, -0.2) is 23.7 Å². The smallest absolute Gasteiger partial charge is 0.404 e. The summed E-state index contributed by atoms with van der Waals surface area (Å²) in [4.78, 5) is 21.4. The van der Waals surface area contributed by atoms with Crippen molar-refractivity contribution in [1.82, 2.24) is 5.32 Å². The molecule has 1 aromatic carbocycles. The number of esters is 1. The number of cyclic esters (lactones) is 1. The van der Waals surface area contributed by atoms with E-state index in [4.69, 9.17) is 9.84 Å². The summed E-state index contributed by atoms with van der Waals surface area (Å²) < 4.78 is 4.91. The second kappa shape index (κ2) is 4.86. The first kappa shape index (κ1) is 11.4. The molecular weight excluding hydrogens is 222 g/mol. The summed E-state index contributed by atoms with van der Waals surface area (Å²) >= 11 is 0. The summed E-state index contributed by atoms with van der Waals surface area (Å²) in [5, 5.41) is 10.7. The van der Waals surface area contributed by atoms with Crippen molar-refractivity contribution in [2.45, 2.75) is 19.4 Å². The van der Waals surface area contributed by atoms with E-state index in [0.717, 1.165) is 24.0 Å². The molecule has 90 valence electrons. The van der Waals surface area contributed by atoms with Crippen molar-refractivity contribution in [3.8, 4) is 0 Å². The molecule has 17 heavy (non-hydrogen) atoms. The Morgan fingerprint density at radius 1 is 1.47 bits per heavy atom. The highest BCUT2D eigenvalue weighted by atomic mass is 16.5. The van der Waals surface area contributed by atoms with Crippen LogP contribution in [0.5, 0.6) is 0 Å². The van der Waals surface area contributed by atoms with Gasteiger partial charge in [-0.3, -0.25) is 0 Å². The number of hydrogen-bond donors (Lipinski definition) is 2. The van der Waals surface area contributed by atoms with E-state index < -0.39 is 6.09 Å². The van der Waals surface area contributed by atoms with Gasteiger partial charge in [0.05, 0.1) is 5.56 Å². The van der Waals surface area contributed by atoms with E-state index in [1.165, 1.54) is 0 Å². The van der Waals surface area contributed by atoms with E-state index >= 15 is 0 Å². The molecule has 5 nitrogen and oxygen atoms in total. The highest BCUT2D eigenvalue weighted by Crippen LogP contribution is 2.21. The largest absolute Gasteiger partial charge is 0.465 e. The van der Waals surface area contributed by atoms with Crippen LogP contribution in [0.15, 0.2) is 18.2 Å². The Morgan fingerprint density at radius 2 is 2.29 bits per heavy atom. The SMILES string of the molecule is O=C(O)NCCCc1ccc2c(c1)COC2=O. The van der Waals surface area contributed by atoms with E-state index in [-0.39, 0.29) is 5.97 Å². The van der Waals surface area contributed by atoms with Gasteiger partial charge in [0, 0.05) is 12.1 Å². The predicted molar refractivity (Wildman–Crippen MR) is 59.9 cm³/mol. The topological polar surface area (TPSA) is 75.6 Å². The molecule has 1 aliphatic rings. The fourth-order valence-corrected chi connectivity index (χ4v) is 1.83. The highest BCUT2D eigenvalue weighted by Gasteiger charge is 2.20. The highest BCUT2D eigenvalue weighted by molar-refractivity contribution is 5.93. The maximum absolute atomic E-state index is 11.2. The molecule has 1 aromatic rings. The molecule has 0 fully saturated rings. The molecular formula is C12H13NO4. The van der Waals surface area contributed by atoms with Gasteiger partial charge in [-0.2, -0.15) is 0 Å². The number of carbonyl (C=O) groups excluding carboxylic acids is 1. The van der Waals surface area contributed by atoms with Gasteiger partial charge in [0.15, 0.2) is 0 Å². The summed E-state index contributed by atoms with van der Waals surface area (Å²) in [6.07, 6.45) is 0.514. The minimum absolute atomic E-state index is 0.265. The van der Waals surface area contributed by atoms with Crippen molar-refractivity contribution in [2.75, 3.05) is 6.54 Å². The lowest BCUT2D eigenvalue weighted by molar-refractivity contribution is 0.0535. The number of benzene rings is 1. The van der Waals surface area contributed by atoms with E-state index in [9.17, 15) is 9.59 Å². The van der Waals surface area contributed by atoms with Gasteiger partial charge in [0.2, 0.25) is 0 Å². The molecule has 1 aliphatic heterocycles. The Bertz CT molecular complexity index is 456. The average Bonchev–Trinajstić information content (AvgIpc) is 2.66. The standard InChI is InChI=1S/C12H13NO4/c14-11-10-4-3-8(6-9(10)7-17-11)2-1-5-13-12(15)16/h3-4,6,13H,1-2,5,7H2,(H,15,16). The molecule has 0 radical (unpaired) electrons. The third-order valence-electron chi connectivity index (χ3n) is 2.67. The predicted octanol–water partition coefficient (Wildman–Crippen LogP) is 1.56.